The number of anilines is 1. The van der Waals surface area contributed by atoms with Crippen LogP contribution in [0.15, 0.2) is 42.6 Å². The number of benzene rings is 1. The Balaban J connectivity index is 1.62. The molecular formula is C20H19F3N4O4. The van der Waals surface area contributed by atoms with E-state index in [1.807, 2.05) is 19.1 Å². The number of aromatic nitrogens is 1. The minimum Gasteiger partial charge on any atom is -0.468 e. The van der Waals surface area contributed by atoms with Crippen LogP contribution < -0.4 is 15.4 Å². The zero-order valence-corrected chi connectivity index (χ0v) is 16.6. The Bertz CT molecular complexity index is 993. The van der Waals surface area contributed by atoms with Crippen LogP contribution in [-0.4, -0.2) is 47.1 Å². The van der Waals surface area contributed by atoms with Gasteiger partial charge in [-0.05, 0) is 25.5 Å². The minimum absolute atomic E-state index is 0.165. The molecule has 1 aliphatic rings. The fourth-order valence-electron chi connectivity index (χ4n) is 2.96. The van der Waals surface area contributed by atoms with E-state index in [9.17, 15) is 27.6 Å². The van der Waals surface area contributed by atoms with Gasteiger partial charge in [-0.1, -0.05) is 29.8 Å². The van der Waals surface area contributed by atoms with Crippen LogP contribution in [0.3, 0.4) is 0 Å². The number of nitrogens with zero attached hydrogens (tertiary/aromatic N) is 2. The monoisotopic (exact) mass is 436 g/mol. The van der Waals surface area contributed by atoms with Crippen molar-refractivity contribution in [3.8, 4) is 5.88 Å². The quantitative estimate of drug-likeness (QED) is 0.679. The molecule has 0 saturated carbocycles. The van der Waals surface area contributed by atoms with E-state index in [-0.39, 0.29) is 11.6 Å². The molecule has 3 rings (SSSR count). The van der Waals surface area contributed by atoms with Gasteiger partial charge in [-0.15, -0.1) is 0 Å². The molecular weight excluding hydrogens is 417 g/mol. The molecule has 0 spiro atoms. The molecule has 1 unspecified atom stereocenters. The number of amides is 4. The number of ether oxygens (including phenoxy) is 1. The predicted octanol–water partition coefficient (Wildman–Crippen LogP) is 2.74. The van der Waals surface area contributed by atoms with Gasteiger partial charge in [0.2, 0.25) is 11.8 Å². The minimum atomic E-state index is -4.50. The maximum absolute atomic E-state index is 12.9. The van der Waals surface area contributed by atoms with Crippen LogP contribution in [0.25, 0.3) is 0 Å². The molecule has 1 aromatic carbocycles. The Labute approximate surface area is 175 Å². The van der Waals surface area contributed by atoms with Gasteiger partial charge in [0.25, 0.3) is 5.91 Å². The highest BCUT2D eigenvalue weighted by atomic mass is 19.4. The Hall–Kier alpha value is -3.63. The maximum Gasteiger partial charge on any atom is 0.422 e. The summed E-state index contributed by atoms with van der Waals surface area (Å²) in [7, 11) is 0. The van der Waals surface area contributed by atoms with Crippen LogP contribution >= 0.6 is 0 Å². The van der Waals surface area contributed by atoms with Crippen molar-refractivity contribution in [1.29, 1.82) is 0 Å². The number of rotatable bonds is 6. The van der Waals surface area contributed by atoms with E-state index in [1.54, 1.807) is 19.1 Å². The van der Waals surface area contributed by atoms with Crippen LogP contribution in [0.1, 0.15) is 18.1 Å². The van der Waals surface area contributed by atoms with Gasteiger partial charge in [0.15, 0.2) is 6.61 Å². The van der Waals surface area contributed by atoms with Crippen molar-refractivity contribution in [3.05, 3.63) is 53.7 Å². The van der Waals surface area contributed by atoms with Crippen molar-refractivity contribution in [2.75, 3.05) is 18.5 Å². The third kappa shape index (κ3) is 5.11. The molecule has 31 heavy (non-hydrogen) atoms. The number of hydrogen-bond acceptors (Lipinski definition) is 5. The Morgan fingerprint density at radius 1 is 1.19 bits per heavy atom. The molecule has 11 heteroatoms. The molecule has 2 heterocycles. The second-order valence-corrected chi connectivity index (χ2v) is 7.15. The molecule has 8 nitrogen and oxygen atoms in total. The molecule has 4 amide bonds. The summed E-state index contributed by atoms with van der Waals surface area (Å²) in [5.74, 6) is -1.52. The number of aryl methyl sites for hydroxylation is 1. The molecule has 2 N–H and O–H groups in total. The fourth-order valence-corrected chi connectivity index (χ4v) is 2.96. The van der Waals surface area contributed by atoms with Crippen LogP contribution in [0, 0.1) is 6.92 Å². The van der Waals surface area contributed by atoms with Crippen molar-refractivity contribution in [1.82, 2.24) is 15.2 Å². The lowest BCUT2D eigenvalue weighted by Gasteiger charge is -2.22. The first kappa shape index (κ1) is 22.1. The molecule has 0 radical (unpaired) electrons. The average Bonchev–Trinajstić information content (AvgIpc) is 2.91. The van der Waals surface area contributed by atoms with Crippen molar-refractivity contribution < 1.29 is 32.3 Å². The SMILES string of the molecule is Cc1ccc(C2(C)NC(=O)N(CC(=O)Nc3ccc(OCC(F)(F)F)nc3)C2=O)cc1. The largest absolute Gasteiger partial charge is 0.468 e. The van der Waals surface area contributed by atoms with E-state index in [0.29, 0.717) is 5.56 Å². The van der Waals surface area contributed by atoms with Crippen molar-refractivity contribution in [3.63, 3.8) is 0 Å². The second-order valence-electron chi connectivity index (χ2n) is 7.15. The lowest BCUT2D eigenvalue weighted by atomic mass is 9.91. The normalized spacial score (nSPS) is 18.7. The summed E-state index contributed by atoms with van der Waals surface area (Å²) >= 11 is 0. The number of urea groups is 1. The first-order chi connectivity index (χ1) is 14.5. The third-order valence-electron chi connectivity index (χ3n) is 4.61. The first-order valence-electron chi connectivity index (χ1n) is 9.15. The molecule has 1 aromatic heterocycles. The summed E-state index contributed by atoms with van der Waals surface area (Å²) in [6.07, 6.45) is -3.39. The zero-order chi connectivity index (χ0) is 22.8. The van der Waals surface area contributed by atoms with Gasteiger partial charge >= 0.3 is 12.2 Å². The molecule has 1 fully saturated rings. The molecule has 0 aliphatic carbocycles. The van der Waals surface area contributed by atoms with Crippen LogP contribution in [0.4, 0.5) is 23.7 Å². The van der Waals surface area contributed by atoms with Crippen molar-refractivity contribution >= 4 is 23.5 Å². The Morgan fingerprint density at radius 3 is 2.45 bits per heavy atom. The number of imide groups is 1. The summed E-state index contributed by atoms with van der Waals surface area (Å²) in [6, 6.07) is 8.81. The van der Waals surface area contributed by atoms with Crippen LogP contribution in [-0.2, 0) is 15.1 Å². The van der Waals surface area contributed by atoms with Gasteiger partial charge in [-0.3, -0.25) is 14.5 Å². The third-order valence-corrected chi connectivity index (χ3v) is 4.61. The molecule has 164 valence electrons. The van der Waals surface area contributed by atoms with Crippen LogP contribution in [0.5, 0.6) is 5.88 Å². The van der Waals surface area contributed by atoms with E-state index in [0.717, 1.165) is 22.7 Å². The van der Waals surface area contributed by atoms with E-state index in [2.05, 4.69) is 20.4 Å². The van der Waals surface area contributed by atoms with E-state index in [4.69, 9.17) is 0 Å². The maximum atomic E-state index is 12.9. The van der Waals surface area contributed by atoms with Crippen LogP contribution in [0.2, 0.25) is 0 Å². The highest BCUT2D eigenvalue weighted by molar-refractivity contribution is 6.10. The summed E-state index contributed by atoms with van der Waals surface area (Å²) in [5, 5.41) is 5.04. The number of nitrogens with one attached hydrogen (secondary N) is 2. The summed E-state index contributed by atoms with van der Waals surface area (Å²) in [4.78, 5) is 41.9. The fraction of sp³-hybridized carbons (Fsp3) is 0.300. The topological polar surface area (TPSA) is 101 Å². The number of pyridine rings is 1. The van der Waals surface area contributed by atoms with E-state index in [1.165, 1.54) is 6.07 Å². The van der Waals surface area contributed by atoms with E-state index < -0.39 is 42.7 Å². The molecule has 0 bridgehead atoms. The summed E-state index contributed by atoms with van der Waals surface area (Å²) < 4.78 is 41.0. The van der Waals surface area contributed by atoms with Gasteiger partial charge in [0.1, 0.15) is 12.1 Å². The predicted molar refractivity (Wildman–Crippen MR) is 103 cm³/mol. The highest BCUT2D eigenvalue weighted by Crippen LogP contribution is 2.29. The number of hydrogen-bond donors (Lipinski definition) is 2. The summed E-state index contributed by atoms with van der Waals surface area (Å²) in [5.41, 5.74) is 0.434. The highest BCUT2D eigenvalue weighted by Gasteiger charge is 2.49. The smallest absolute Gasteiger partial charge is 0.422 e. The van der Waals surface area contributed by atoms with Gasteiger partial charge in [0, 0.05) is 6.07 Å². The first-order valence-corrected chi connectivity index (χ1v) is 9.15. The number of carbonyl (C=O) groups excluding carboxylic acids is 3. The summed E-state index contributed by atoms with van der Waals surface area (Å²) in [6.45, 7) is 1.41. The number of carbonyl (C=O) groups is 3. The molecule has 2 aromatic rings. The Morgan fingerprint density at radius 2 is 1.87 bits per heavy atom. The van der Waals surface area contributed by atoms with Crippen molar-refractivity contribution in [2.45, 2.75) is 25.6 Å². The molecule has 1 aliphatic heterocycles. The van der Waals surface area contributed by atoms with Gasteiger partial charge < -0.3 is 15.4 Å². The average molecular weight is 436 g/mol. The Kier molecular flexibility index (Phi) is 5.87. The number of alkyl halides is 3. The van der Waals surface area contributed by atoms with Gasteiger partial charge in [-0.25, -0.2) is 9.78 Å². The zero-order valence-electron chi connectivity index (χ0n) is 16.6. The molecule has 1 saturated heterocycles. The van der Waals surface area contributed by atoms with E-state index >= 15 is 0 Å². The van der Waals surface area contributed by atoms with Gasteiger partial charge in [0.05, 0.1) is 11.9 Å². The molecule has 1 atom stereocenters. The van der Waals surface area contributed by atoms with Crippen molar-refractivity contribution in [2.24, 2.45) is 0 Å². The number of halogens is 3. The van der Waals surface area contributed by atoms with Gasteiger partial charge in [-0.2, -0.15) is 13.2 Å². The second kappa shape index (κ2) is 8.25. The standard InChI is InChI=1S/C20H19F3N4O4/c1-12-3-5-13(6-4-12)19(2)17(29)27(18(30)26-19)10-15(28)25-14-7-8-16(24-9-14)31-11-20(21,22)23/h3-9H,10-11H2,1-2H3,(H,25,28)(H,26,30). The lowest BCUT2D eigenvalue weighted by molar-refractivity contribution is -0.154. The lowest BCUT2D eigenvalue weighted by Crippen LogP contribution is -2.42.